The van der Waals surface area contributed by atoms with Gasteiger partial charge in [0, 0.05) is 16.5 Å². The molecule has 0 spiro atoms. The van der Waals surface area contributed by atoms with Crippen LogP contribution in [0.15, 0.2) is 67.3 Å². The lowest BCUT2D eigenvalue weighted by molar-refractivity contribution is -0.275. The summed E-state index contributed by atoms with van der Waals surface area (Å²) in [6.07, 6.45) is -1.24. The number of allylic oxidation sites excluding steroid dienone is 1. The number of aryl methyl sites for hydroxylation is 1. The average Bonchev–Trinajstić information content (AvgIpc) is 2.67. The summed E-state index contributed by atoms with van der Waals surface area (Å²) in [5.74, 6) is 4.11. The third kappa shape index (κ3) is 4.92. The Morgan fingerprint density at radius 3 is 2.29 bits per heavy atom. The number of alkyl halides is 3. The molecule has 0 N–H and O–H groups in total. The molecule has 28 heavy (non-hydrogen) atoms. The van der Waals surface area contributed by atoms with Crippen molar-refractivity contribution in [2.24, 2.45) is 0 Å². The normalized spacial score (nSPS) is 11.0. The van der Waals surface area contributed by atoms with Crippen LogP contribution in [0.1, 0.15) is 23.1 Å². The fourth-order valence-corrected chi connectivity index (χ4v) is 2.72. The lowest BCUT2D eigenvalue weighted by atomic mass is 10.1. The smallest absolute Gasteiger partial charge is 0.403 e. The van der Waals surface area contributed by atoms with E-state index in [4.69, 9.17) is 0 Å². The highest BCUT2D eigenvalue weighted by atomic mass is 19.4. The molecule has 3 aromatic carbocycles. The molecule has 0 aliphatic rings. The first kappa shape index (κ1) is 19.5. The number of halogens is 4. The van der Waals surface area contributed by atoms with E-state index < -0.39 is 17.9 Å². The van der Waals surface area contributed by atoms with Gasteiger partial charge >= 0.3 is 6.36 Å². The molecule has 3 rings (SSSR count). The van der Waals surface area contributed by atoms with Crippen LogP contribution < -0.4 is 4.74 Å². The van der Waals surface area contributed by atoms with Crippen molar-refractivity contribution in [3.8, 4) is 17.6 Å². The van der Waals surface area contributed by atoms with Crippen LogP contribution in [-0.4, -0.2) is 6.36 Å². The second-order valence-electron chi connectivity index (χ2n) is 6.14. The Labute approximate surface area is 160 Å². The van der Waals surface area contributed by atoms with Gasteiger partial charge in [0.15, 0.2) is 11.6 Å². The van der Waals surface area contributed by atoms with E-state index in [1.165, 1.54) is 17.7 Å². The molecule has 0 aromatic heterocycles. The molecule has 1 nitrogen and oxygen atoms in total. The first-order valence-electron chi connectivity index (χ1n) is 8.55. The van der Waals surface area contributed by atoms with Crippen LogP contribution in [0.25, 0.3) is 10.8 Å². The topological polar surface area (TPSA) is 9.23 Å². The lowest BCUT2D eigenvalue weighted by Crippen LogP contribution is -2.17. The minimum absolute atomic E-state index is 0.0406. The van der Waals surface area contributed by atoms with Gasteiger partial charge in [-0.1, -0.05) is 42.2 Å². The number of ether oxygens (including phenoxy) is 1. The summed E-state index contributed by atoms with van der Waals surface area (Å²) in [6, 6.07) is 14.8. The minimum atomic E-state index is -4.94. The first-order chi connectivity index (χ1) is 13.4. The van der Waals surface area contributed by atoms with Gasteiger partial charge in [0.1, 0.15) is 0 Å². The van der Waals surface area contributed by atoms with Gasteiger partial charge in [0.2, 0.25) is 0 Å². The number of rotatable bonds is 4. The van der Waals surface area contributed by atoms with Crippen molar-refractivity contribution < 1.29 is 22.3 Å². The molecular formula is C23H16F4O. The zero-order chi connectivity index (χ0) is 20.1. The summed E-state index contributed by atoms with van der Waals surface area (Å²) >= 11 is 0. The molecular weight excluding hydrogens is 368 g/mol. The standard InChI is InChI=1S/C23H16F4O/c1-2-3-4-16-5-7-17(8-6-16)9-10-18-11-13-20-19(15-18)12-14-21(22(20)24)28-23(25,26)27/h2,5-8,11-15H,1,3-4H2. The van der Waals surface area contributed by atoms with Crippen LogP contribution in [0.3, 0.4) is 0 Å². The summed E-state index contributed by atoms with van der Waals surface area (Å²) in [5.41, 5.74) is 2.66. The molecule has 0 atom stereocenters. The number of hydrogen-bond donors (Lipinski definition) is 0. The van der Waals surface area contributed by atoms with Crippen molar-refractivity contribution >= 4 is 10.8 Å². The third-order valence-electron chi connectivity index (χ3n) is 4.09. The van der Waals surface area contributed by atoms with E-state index in [0.29, 0.717) is 10.9 Å². The fraction of sp³-hybridized carbons (Fsp3) is 0.130. The zero-order valence-corrected chi connectivity index (χ0v) is 14.8. The minimum Gasteiger partial charge on any atom is -0.403 e. The molecule has 0 bridgehead atoms. The summed E-state index contributed by atoms with van der Waals surface area (Å²) < 4.78 is 54.9. The van der Waals surface area contributed by atoms with E-state index in [-0.39, 0.29) is 5.39 Å². The van der Waals surface area contributed by atoms with E-state index in [1.807, 2.05) is 30.3 Å². The molecule has 3 aromatic rings. The molecule has 0 aliphatic heterocycles. The van der Waals surface area contributed by atoms with Gasteiger partial charge in [-0.3, -0.25) is 0 Å². The summed E-state index contributed by atoms with van der Waals surface area (Å²) in [4.78, 5) is 0. The van der Waals surface area contributed by atoms with E-state index >= 15 is 0 Å². The first-order valence-corrected chi connectivity index (χ1v) is 8.55. The quantitative estimate of drug-likeness (QED) is 0.287. The molecule has 142 valence electrons. The molecule has 0 heterocycles. The van der Waals surface area contributed by atoms with Crippen LogP contribution in [-0.2, 0) is 6.42 Å². The van der Waals surface area contributed by atoms with E-state index in [2.05, 4.69) is 23.2 Å². The molecule has 0 saturated carbocycles. The van der Waals surface area contributed by atoms with Gasteiger partial charge in [0.25, 0.3) is 0 Å². The lowest BCUT2D eigenvalue weighted by Gasteiger charge is -2.11. The van der Waals surface area contributed by atoms with Gasteiger partial charge in [-0.05, 0) is 54.1 Å². The SMILES string of the molecule is C=CCCc1ccc(C#Cc2ccc3c(F)c(OC(F)(F)F)ccc3c2)cc1. The maximum atomic E-state index is 14.2. The summed E-state index contributed by atoms with van der Waals surface area (Å²) in [7, 11) is 0. The molecule has 0 saturated heterocycles. The van der Waals surface area contributed by atoms with Crippen LogP contribution in [0, 0.1) is 17.7 Å². The highest BCUT2D eigenvalue weighted by Crippen LogP contribution is 2.31. The fourth-order valence-electron chi connectivity index (χ4n) is 2.72. The maximum Gasteiger partial charge on any atom is 0.573 e. The summed E-state index contributed by atoms with van der Waals surface area (Å²) in [5, 5.41) is 0.484. The van der Waals surface area contributed by atoms with Gasteiger partial charge in [-0.15, -0.1) is 19.8 Å². The van der Waals surface area contributed by atoms with Crippen LogP contribution in [0.4, 0.5) is 17.6 Å². The van der Waals surface area contributed by atoms with Crippen molar-refractivity contribution in [1.29, 1.82) is 0 Å². The molecule has 0 radical (unpaired) electrons. The Hall–Kier alpha value is -3.26. The van der Waals surface area contributed by atoms with Crippen LogP contribution in [0.5, 0.6) is 5.75 Å². The second kappa shape index (κ2) is 8.18. The predicted octanol–water partition coefficient (Wildman–Crippen LogP) is 6.40. The monoisotopic (exact) mass is 384 g/mol. The Bertz CT molecular complexity index is 1050. The molecule has 0 unspecified atom stereocenters. The summed E-state index contributed by atoms with van der Waals surface area (Å²) in [6.45, 7) is 3.70. The second-order valence-corrected chi connectivity index (χ2v) is 6.14. The van der Waals surface area contributed by atoms with Gasteiger partial charge in [-0.2, -0.15) is 0 Å². The molecule has 0 aliphatic carbocycles. The van der Waals surface area contributed by atoms with Crippen molar-refractivity contribution in [3.05, 3.63) is 89.8 Å². The Morgan fingerprint density at radius 2 is 1.61 bits per heavy atom. The van der Waals surface area contributed by atoms with E-state index in [1.54, 1.807) is 12.1 Å². The number of benzene rings is 3. The molecule has 0 fully saturated rings. The van der Waals surface area contributed by atoms with Gasteiger partial charge in [-0.25, -0.2) is 4.39 Å². The van der Waals surface area contributed by atoms with Gasteiger partial charge in [0.05, 0.1) is 0 Å². The van der Waals surface area contributed by atoms with Crippen molar-refractivity contribution in [2.75, 3.05) is 0 Å². The van der Waals surface area contributed by atoms with Crippen molar-refractivity contribution in [2.45, 2.75) is 19.2 Å². The molecule has 5 heteroatoms. The average molecular weight is 384 g/mol. The van der Waals surface area contributed by atoms with Gasteiger partial charge < -0.3 is 4.74 Å². The Kier molecular flexibility index (Phi) is 5.70. The highest BCUT2D eigenvalue weighted by Gasteiger charge is 2.32. The highest BCUT2D eigenvalue weighted by molar-refractivity contribution is 5.86. The van der Waals surface area contributed by atoms with E-state index in [0.717, 1.165) is 24.5 Å². The van der Waals surface area contributed by atoms with E-state index in [9.17, 15) is 17.6 Å². The van der Waals surface area contributed by atoms with Crippen LogP contribution in [0.2, 0.25) is 0 Å². The Morgan fingerprint density at radius 1 is 0.929 bits per heavy atom. The maximum absolute atomic E-state index is 14.2. The van der Waals surface area contributed by atoms with Crippen molar-refractivity contribution in [1.82, 2.24) is 0 Å². The van der Waals surface area contributed by atoms with Crippen molar-refractivity contribution in [3.63, 3.8) is 0 Å². The van der Waals surface area contributed by atoms with Crippen LogP contribution >= 0.6 is 0 Å². The number of hydrogen-bond acceptors (Lipinski definition) is 1. The largest absolute Gasteiger partial charge is 0.573 e. The third-order valence-corrected chi connectivity index (χ3v) is 4.09. The predicted molar refractivity (Wildman–Crippen MR) is 102 cm³/mol. The zero-order valence-electron chi connectivity index (χ0n) is 14.8. The Balaban J connectivity index is 1.83. The molecule has 0 amide bonds. The number of fused-ring (bicyclic) bond motifs is 1.